The molecule has 0 aliphatic heterocycles. The Morgan fingerprint density at radius 1 is 1.00 bits per heavy atom. The summed E-state index contributed by atoms with van der Waals surface area (Å²) in [5.74, 6) is 3.69. The second kappa shape index (κ2) is 7.86. The second-order valence-corrected chi connectivity index (χ2v) is 9.43. The van der Waals surface area contributed by atoms with Crippen LogP contribution in [0.5, 0.6) is 0 Å². The molecule has 1 aromatic carbocycles. The van der Waals surface area contributed by atoms with E-state index in [1.54, 1.807) is 0 Å². The Kier molecular flexibility index (Phi) is 6.34. The molecule has 1 fully saturated rings. The van der Waals surface area contributed by atoms with Gasteiger partial charge in [0.15, 0.2) is 0 Å². The van der Waals surface area contributed by atoms with E-state index in [1.165, 1.54) is 49.7 Å². The molecular formula is C23H38. The van der Waals surface area contributed by atoms with Crippen molar-refractivity contribution in [2.45, 2.75) is 80.1 Å². The first-order valence-electron chi connectivity index (χ1n) is 9.82. The molecule has 0 heteroatoms. The van der Waals surface area contributed by atoms with Gasteiger partial charge in [0, 0.05) is 0 Å². The lowest BCUT2D eigenvalue weighted by Gasteiger charge is -2.37. The molecule has 2 rings (SSSR count). The van der Waals surface area contributed by atoms with Gasteiger partial charge in [0.25, 0.3) is 0 Å². The minimum Gasteiger partial charge on any atom is -0.0625 e. The maximum atomic E-state index is 2.51. The lowest BCUT2D eigenvalue weighted by atomic mass is 9.68. The molecule has 0 aromatic heterocycles. The minimum atomic E-state index is 0.405. The van der Waals surface area contributed by atoms with E-state index in [0.29, 0.717) is 5.41 Å². The maximum absolute atomic E-state index is 2.51. The first-order chi connectivity index (χ1) is 10.8. The zero-order valence-corrected chi connectivity index (χ0v) is 16.4. The highest BCUT2D eigenvalue weighted by atomic mass is 14.4. The van der Waals surface area contributed by atoms with E-state index in [0.717, 1.165) is 23.7 Å². The summed E-state index contributed by atoms with van der Waals surface area (Å²) < 4.78 is 0. The van der Waals surface area contributed by atoms with Gasteiger partial charge < -0.3 is 0 Å². The van der Waals surface area contributed by atoms with E-state index in [-0.39, 0.29) is 0 Å². The molecule has 1 aliphatic carbocycles. The third-order valence-corrected chi connectivity index (χ3v) is 6.20. The van der Waals surface area contributed by atoms with Crippen LogP contribution in [0.2, 0.25) is 0 Å². The molecule has 0 saturated heterocycles. The van der Waals surface area contributed by atoms with Crippen molar-refractivity contribution in [2.24, 2.45) is 29.1 Å². The highest BCUT2D eigenvalue weighted by Gasteiger charge is 2.30. The molecule has 1 saturated carbocycles. The summed E-state index contributed by atoms with van der Waals surface area (Å²) >= 11 is 0. The van der Waals surface area contributed by atoms with Crippen LogP contribution in [0.15, 0.2) is 24.3 Å². The predicted molar refractivity (Wildman–Crippen MR) is 103 cm³/mol. The van der Waals surface area contributed by atoms with Gasteiger partial charge in [-0.2, -0.15) is 0 Å². The molecule has 0 heterocycles. The van der Waals surface area contributed by atoms with E-state index in [2.05, 4.69) is 65.8 Å². The number of benzene rings is 1. The molecule has 1 atom stereocenters. The Labute approximate surface area is 145 Å². The van der Waals surface area contributed by atoms with Gasteiger partial charge in [-0.3, -0.25) is 0 Å². The van der Waals surface area contributed by atoms with Gasteiger partial charge in [-0.05, 0) is 80.1 Å². The fourth-order valence-electron chi connectivity index (χ4n) is 4.87. The number of aryl methyl sites for hydroxylation is 1. The molecule has 1 aliphatic rings. The average Bonchev–Trinajstić information content (AvgIpc) is 2.46. The number of rotatable bonds is 6. The molecule has 0 spiro atoms. The van der Waals surface area contributed by atoms with E-state index in [9.17, 15) is 0 Å². The van der Waals surface area contributed by atoms with Gasteiger partial charge in [-0.25, -0.2) is 0 Å². The number of hydrogen-bond acceptors (Lipinski definition) is 0. The van der Waals surface area contributed by atoms with Crippen LogP contribution in [0.1, 0.15) is 77.8 Å². The van der Waals surface area contributed by atoms with Gasteiger partial charge in [0.2, 0.25) is 0 Å². The Morgan fingerprint density at radius 2 is 1.61 bits per heavy atom. The van der Waals surface area contributed by atoms with Crippen molar-refractivity contribution >= 4 is 0 Å². The van der Waals surface area contributed by atoms with Crippen LogP contribution in [0.25, 0.3) is 0 Å². The van der Waals surface area contributed by atoms with Gasteiger partial charge in [-0.1, -0.05) is 64.4 Å². The first-order valence-corrected chi connectivity index (χ1v) is 9.82. The Morgan fingerprint density at radius 3 is 2.17 bits per heavy atom. The third-order valence-electron chi connectivity index (χ3n) is 6.20. The second-order valence-electron chi connectivity index (χ2n) is 9.43. The van der Waals surface area contributed by atoms with E-state index in [1.807, 2.05) is 0 Å². The molecule has 1 unspecified atom stereocenters. The normalized spacial score (nSPS) is 24.0. The summed E-state index contributed by atoms with van der Waals surface area (Å²) in [5, 5.41) is 0. The largest absolute Gasteiger partial charge is 0.0625 e. The molecule has 130 valence electrons. The molecular weight excluding hydrogens is 276 g/mol. The minimum absolute atomic E-state index is 0.405. The molecule has 0 amide bonds. The molecule has 0 bridgehead atoms. The fourth-order valence-corrected chi connectivity index (χ4v) is 4.87. The van der Waals surface area contributed by atoms with Crippen molar-refractivity contribution in [3.8, 4) is 0 Å². The van der Waals surface area contributed by atoms with Gasteiger partial charge in [-0.15, -0.1) is 0 Å². The highest BCUT2D eigenvalue weighted by Crippen LogP contribution is 2.41. The van der Waals surface area contributed by atoms with E-state index in [4.69, 9.17) is 0 Å². The molecule has 0 nitrogen and oxygen atoms in total. The Balaban J connectivity index is 1.87. The Bertz CT molecular complexity index is 475. The lowest BCUT2D eigenvalue weighted by Crippen LogP contribution is -2.27. The summed E-state index contributed by atoms with van der Waals surface area (Å²) in [5.41, 5.74) is 3.30. The third kappa shape index (κ3) is 5.66. The summed E-state index contributed by atoms with van der Waals surface area (Å²) in [7, 11) is 0. The zero-order chi connectivity index (χ0) is 17.0. The van der Waals surface area contributed by atoms with Crippen molar-refractivity contribution in [3.05, 3.63) is 35.4 Å². The van der Waals surface area contributed by atoms with E-state index < -0.39 is 0 Å². The standard InChI is InChI=1S/C23H38/c1-17(2)21-10-12-22(13-11-21)19(4)15-23(5,6)16-20-9-7-8-18(3)14-20/h7-9,14,17,19,21-22H,10-13,15-16H2,1-6H3. The van der Waals surface area contributed by atoms with Crippen LogP contribution in [0, 0.1) is 36.0 Å². The smallest absolute Gasteiger partial charge is 0.0227 e. The highest BCUT2D eigenvalue weighted by molar-refractivity contribution is 5.23. The van der Waals surface area contributed by atoms with Gasteiger partial charge in [0.1, 0.15) is 0 Å². The van der Waals surface area contributed by atoms with Crippen molar-refractivity contribution in [3.63, 3.8) is 0 Å². The predicted octanol–water partition coefficient (Wildman–Crippen LogP) is 7.05. The topological polar surface area (TPSA) is 0 Å². The number of hydrogen-bond donors (Lipinski definition) is 0. The van der Waals surface area contributed by atoms with Crippen LogP contribution < -0.4 is 0 Å². The van der Waals surface area contributed by atoms with Crippen molar-refractivity contribution in [2.75, 3.05) is 0 Å². The average molecular weight is 315 g/mol. The van der Waals surface area contributed by atoms with Gasteiger partial charge in [0.05, 0.1) is 0 Å². The van der Waals surface area contributed by atoms with Gasteiger partial charge >= 0.3 is 0 Å². The summed E-state index contributed by atoms with van der Waals surface area (Å²) in [6.07, 6.45) is 8.42. The van der Waals surface area contributed by atoms with Crippen molar-refractivity contribution in [1.29, 1.82) is 0 Å². The molecule has 0 N–H and O–H groups in total. The lowest BCUT2D eigenvalue weighted by molar-refractivity contribution is 0.145. The molecule has 0 radical (unpaired) electrons. The van der Waals surface area contributed by atoms with Crippen LogP contribution in [-0.4, -0.2) is 0 Å². The summed E-state index contributed by atoms with van der Waals surface area (Å²) in [4.78, 5) is 0. The van der Waals surface area contributed by atoms with Crippen LogP contribution in [0.3, 0.4) is 0 Å². The monoisotopic (exact) mass is 314 g/mol. The molecule has 1 aromatic rings. The first kappa shape index (κ1) is 18.6. The quantitative estimate of drug-likeness (QED) is 0.527. The Hall–Kier alpha value is -0.780. The maximum Gasteiger partial charge on any atom is -0.0227 e. The molecule has 23 heavy (non-hydrogen) atoms. The van der Waals surface area contributed by atoms with Crippen molar-refractivity contribution in [1.82, 2.24) is 0 Å². The summed E-state index contributed by atoms with van der Waals surface area (Å²) in [6, 6.07) is 9.07. The van der Waals surface area contributed by atoms with Crippen LogP contribution in [0.4, 0.5) is 0 Å². The SMILES string of the molecule is Cc1cccc(CC(C)(C)CC(C)C2CCC(C(C)C)CC2)c1. The fraction of sp³-hybridized carbons (Fsp3) is 0.739. The van der Waals surface area contributed by atoms with Crippen molar-refractivity contribution < 1.29 is 0 Å². The summed E-state index contributed by atoms with van der Waals surface area (Å²) in [6.45, 7) is 14.4. The van der Waals surface area contributed by atoms with E-state index >= 15 is 0 Å². The van der Waals surface area contributed by atoms with Crippen LogP contribution in [-0.2, 0) is 6.42 Å². The van der Waals surface area contributed by atoms with Crippen LogP contribution >= 0.6 is 0 Å². The zero-order valence-electron chi connectivity index (χ0n) is 16.4.